The maximum atomic E-state index is 2.73. The standard InChI is InChI=1S/C23H44/c1-4-7-12-17-22-18-14-11-9-10-13-16-21(6-3)19-23(20-22)15-8-5-2/h19,22-23H,4-18,20H2,1-3H3/b21-19-. The van der Waals surface area contributed by atoms with Gasteiger partial charge in [-0.25, -0.2) is 0 Å². The second-order valence-corrected chi connectivity index (χ2v) is 7.98. The minimum atomic E-state index is 0.871. The molecule has 0 N–H and O–H groups in total. The summed E-state index contributed by atoms with van der Waals surface area (Å²) in [6.45, 7) is 7.05. The molecule has 2 atom stereocenters. The Kier molecular flexibility index (Phi) is 12.8. The maximum Gasteiger partial charge on any atom is -0.0228 e. The van der Waals surface area contributed by atoms with E-state index in [1.165, 1.54) is 103 Å². The van der Waals surface area contributed by atoms with Crippen LogP contribution in [0.3, 0.4) is 0 Å². The lowest BCUT2D eigenvalue weighted by Crippen LogP contribution is -2.10. The van der Waals surface area contributed by atoms with Crippen LogP contribution in [-0.2, 0) is 0 Å². The third-order valence-corrected chi connectivity index (χ3v) is 5.82. The highest BCUT2D eigenvalue weighted by molar-refractivity contribution is 5.04. The first-order valence-corrected chi connectivity index (χ1v) is 11.0. The van der Waals surface area contributed by atoms with E-state index in [-0.39, 0.29) is 0 Å². The fourth-order valence-corrected chi connectivity index (χ4v) is 4.25. The predicted molar refractivity (Wildman–Crippen MR) is 106 cm³/mol. The van der Waals surface area contributed by atoms with E-state index in [0.29, 0.717) is 0 Å². The molecule has 0 amide bonds. The van der Waals surface area contributed by atoms with Gasteiger partial charge >= 0.3 is 0 Å². The summed E-state index contributed by atoms with van der Waals surface area (Å²) in [5, 5.41) is 0. The Hall–Kier alpha value is -0.260. The van der Waals surface area contributed by atoms with Gasteiger partial charge in [-0.2, -0.15) is 0 Å². The molecule has 0 aromatic rings. The molecule has 1 aliphatic carbocycles. The third kappa shape index (κ3) is 10.3. The van der Waals surface area contributed by atoms with Crippen molar-refractivity contribution in [3.63, 3.8) is 0 Å². The highest BCUT2D eigenvalue weighted by atomic mass is 14.2. The van der Waals surface area contributed by atoms with Crippen molar-refractivity contribution in [1.29, 1.82) is 0 Å². The van der Waals surface area contributed by atoms with Crippen LogP contribution in [0.25, 0.3) is 0 Å². The van der Waals surface area contributed by atoms with E-state index >= 15 is 0 Å². The average Bonchev–Trinajstić information content (AvgIpc) is 2.55. The molecule has 1 rings (SSSR count). The maximum absolute atomic E-state index is 2.73. The van der Waals surface area contributed by atoms with Gasteiger partial charge in [-0.05, 0) is 43.9 Å². The van der Waals surface area contributed by atoms with E-state index in [1.54, 1.807) is 5.57 Å². The summed E-state index contributed by atoms with van der Waals surface area (Å²) in [7, 11) is 0. The topological polar surface area (TPSA) is 0 Å². The monoisotopic (exact) mass is 320 g/mol. The summed E-state index contributed by atoms with van der Waals surface area (Å²) in [6.07, 6.45) is 25.7. The Morgan fingerprint density at radius 3 is 2.30 bits per heavy atom. The molecule has 0 nitrogen and oxygen atoms in total. The molecule has 0 aromatic carbocycles. The molecule has 0 bridgehead atoms. The summed E-state index contributed by atoms with van der Waals surface area (Å²) in [6, 6.07) is 0. The van der Waals surface area contributed by atoms with Crippen molar-refractivity contribution in [2.45, 2.75) is 124 Å². The van der Waals surface area contributed by atoms with Gasteiger partial charge in [0, 0.05) is 0 Å². The summed E-state index contributed by atoms with van der Waals surface area (Å²) in [5.74, 6) is 1.87. The molecule has 0 saturated carbocycles. The van der Waals surface area contributed by atoms with Crippen molar-refractivity contribution in [3.8, 4) is 0 Å². The van der Waals surface area contributed by atoms with Crippen LogP contribution < -0.4 is 0 Å². The molecule has 23 heavy (non-hydrogen) atoms. The van der Waals surface area contributed by atoms with Crippen molar-refractivity contribution in [2.75, 3.05) is 0 Å². The van der Waals surface area contributed by atoms with Crippen molar-refractivity contribution in [1.82, 2.24) is 0 Å². The van der Waals surface area contributed by atoms with Crippen LogP contribution in [0.1, 0.15) is 124 Å². The Balaban J connectivity index is 2.70. The minimum absolute atomic E-state index is 0.871. The van der Waals surface area contributed by atoms with Crippen LogP contribution in [0.15, 0.2) is 11.6 Å². The molecular weight excluding hydrogens is 276 g/mol. The van der Waals surface area contributed by atoms with Crippen LogP contribution in [0.4, 0.5) is 0 Å². The van der Waals surface area contributed by atoms with Crippen LogP contribution >= 0.6 is 0 Å². The first-order chi connectivity index (χ1) is 11.3. The highest BCUT2D eigenvalue weighted by Gasteiger charge is 2.16. The molecule has 0 spiro atoms. The quantitative estimate of drug-likeness (QED) is 0.311. The number of unbranched alkanes of at least 4 members (excludes halogenated alkanes) is 3. The summed E-state index contributed by atoms with van der Waals surface area (Å²) >= 11 is 0. The lowest BCUT2D eigenvalue weighted by atomic mass is 9.82. The molecule has 0 heterocycles. The molecule has 0 saturated heterocycles. The summed E-state index contributed by atoms with van der Waals surface area (Å²) in [5.41, 5.74) is 1.76. The molecule has 136 valence electrons. The van der Waals surface area contributed by atoms with E-state index in [4.69, 9.17) is 0 Å². The highest BCUT2D eigenvalue weighted by Crippen LogP contribution is 2.30. The zero-order valence-electron chi connectivity index (χ0n) is 16.5. The predicted octanol–water partition coefficient (Wildman–Crippen LogP) is 8.46. The molecular formula is C23H44. The van der Waals surface area contributed by atoms with Gasteiger partial charge in [-0.15, -0.1) is 0 Å². The van der Waals surface area contributed by atoms with E-state index < -0.39 is 0 Å². The lowest BCUT2D eigenvalue weighted by molar-refractivity contribution is 0.330. The zero-order valence-corrected chi connectivity index (χ0v) is 16.5. The van der Waals surface area contributed by atoms with Crippen LogP contribution in [0.5, 0.6) is 0 Å². The normalized spacial score (nSPS) is 26.8. The van der Waals surface area contributed by atoms with Crippen LogP contribution in [0, 0.1) is 11.8 Å². The fourth-order valence-electron chi connectivity index (χ4n) is 4.25. The number of hydrogen-bond acceptors (Lipinski definition) is 0. The van der Waals surface area contributed by atoms with Crippen LogP contribution in [-0.4, -0.2) is 0 Å². The number of allylic oxidation sites excluding steroid dienone is 2. The van der Waals surface area contributed by atoms with Gasteiger partial charge in [0.2, 0.25) is 0 Å². The second-order valence-electron chi connectivity index (χ2n) is 7.98. The smallest absolute Gasteiger partial charge is 0.0228 e. The van der Waals surface area contributed by atoms with E-state index in [9.17, 15) is 0 Å². The minimum Gasteiger partial charge on any atom is -0.0822 e. The molecule has 1 aliphatic rings. The van der Waals surface area contributed by atoms with E-state index in [1.807, 2.05) is 0 Å². The molecule has 0 aliphatic heterocycles. The van der Waals surface area contributed by atoms with Crippen LogP contribution in [0.2, 0.25) is 0 Å². The SMILES string of the molecule is CCCCCC1CCCCCCC/C(CC)=C\C(CCCC)C1. The third-order valence-electron chi connectivity index (χ3n) is 5.82. The van der Waals surface area contributed by atoms with Crippen molar-refractivity contribution in [3.05, 3.63) is 11.6 Å². The Bertz CT molecular complexity index is 288. The van der Waals surface area contributed by atoms with Gasteiger partial charge < -0.3 is 0 Å². The van der Waals surface area contributed by atoms with Gasteiger partial charge in [0.05, 0.1) is 0 Å². The fraction of sp³-hybridized carbons (Fsp3) is 0.913. The molecule has 2 unspecified atom stereocenters. The Labute approximate surface area is 147 Å². The van der Waals surface area contributed by atoms with Gasteiger partial charge in [-0.3, -0.25) is 0 Å². The summed E-state index contributed by atoms with van der Waals surface area (Å²) < 4.78 is 0. The van der Waals surface area contributed by atoms with Gasteiger partial charge in [0.25, 0.3) is 0 Å². The van der Waals surface area contributed by atoms with E-state index in [0.717, 1.165) is 11.8 Å². The largest absolute Gasteiger partial charge is 0.0822 e. The molecule has 0 radical (unpaired) electrons. The number of rotatable bonds is 8. The average molecular weight is 321 g/mol. The van der Waals surface area contributed by atoms with Crippen molar-refractivity contribution < 1.29 is 0 Å². The number of hydrogen-bond donors (Lipinski definition) is 0. The van der Waals surface area contributed by atoms with Gasteiger partial charge in [0.15, 0.2) is 0 Å². The second kappa shape index (κ2) is 14.1. The lowest BCUT2D eigenvalue weighted by Gasteiger charge is -2.23. The molecule has 0 aromatic heterocycles. The summed E-state index contributed by atoms with van der Waals surface area (Å²) in [4.78, 5) is 0. The Morgan fingerprint density at radius 2 is 1.57 bits per heavy atom. The van der Waals surface area contributed by atoms with Gasteiger partial charge in [-0.1, -0.05) is 103 Å². The van der Waals surface area contributed by atoms with Crippen molar-refractivity contribution in [2.24, 2.45) is 11.8 Å². The molecule has 0 heteroatoms. The zero-order chi connectivity index (χ0) is 16.8. The van der Waals surface area contributed by atoms with Gasteiger partial charge in [0.1, 0.15) is 0 Å². The first kappa shape index (κ1) is 20.8. The van der Waals surface area contributed by atoms with Crippen molar-refractivity contribution >= 4 is 0 Å². The Morgan fingerprint density at radius 1 is 0.826 bits per heavy atom. The van der Waals surface area contributed by atoms with E-state index in [2.05, 4.69) is 26.8 Å². The molecule has 0 fully saturated rings. The first-order valence-electron chi connectivity index (χ1n) is 11.0.